The van der Waals surface area contributed by atoms with Gasteiger partial charge in [0.15, 0.2) is 0 Å². The Morgan fingerprint density at radius 1 is 1.33 bits per heavy atom. The van der Waals surface area contributed by atoms with Gasteiger partial charge in [-0.1, -0.05) is 39.6 Å². The molecule has 68 valence electrons. The summed E-state index contributed by atoms with van der Waals surface area (Å²) in [5.41, 5.74) is 1.11. The van der Waals surface area contributed by atoms with Crippen LogP contribution in [-0.2, 0) is 0 Å². The van der Waals surface area contributed by atoms with Gasteiger partial charge in [-0.2, -0.15) is 0 Å². The molecule has 0 aliphatic rings. The van der Waals surface area contributed by atoms with Crippen LogP contribution in [-0.4, -0.2) is 14.9 Å². The fourth-order valence-electron chi connectivity index (χ4n) is 1.58. The fourth-order valence-corrected chi connectivity index (χ4v) is 1.58. The zero-order valence-electron chi connectivity index (χ0n) is 8.99. The Balaban J connectivity index is 4.32. The predicted molar refractivity (Wildman–Crippen MR) is 56.4 cm³/mol. The first kappa shape index (κ1) is 11.6. The third-order valence-electron chi connectivity index (χ3n) is 2.02. The smallest absolute Gasteiger partial charge is 0.0739 e. The maximum Gasteiger partial charge on any atom is 0.0739 e. The molecule has 0 amide bonds. The van der Waals surface area contributed by atoms with Crippen molar-refractivity contribution < 1.29 is 0 Å². The quantitative estimate of drug-likeness (QED) is 0.631. The van der Waals surface area contributed by atoms with Gasteiger partial charge in [-0.25, -0.2) is 0 Å². The van der Waals surface area contributed by atoms with Crippen LogP contribution in [0.3, 0.4) is 0 Å². The lowest BCUT2D eigenvalue weighted by atomic mass is 9.63. The van der Waals surface area contributed by atoms with Crippen molar-refractivity contribution in [2.24, 2.45) is 5.41 Å². The molecule has 1 N–H and O–H groups in total. The number of rotatable bonds is 4. The maximum atomic E-state index is 5.95. The lowest BCUT2D eigenvalue weighted by molar-refractivity contribution is 0.341. The normalized spacial score (nSPS) is 12.8. The third-order valence-corrected chi connectivity index (χ3v) is 2.02. The molecule has 0 saturated heterocycles. The summed E-state index contributed by atoms with van der Waals surface area (Å²) in [6.45, 7) is 12.3. The van der Waals surface area contributed by atoms with E-state index in [1.165, 1.54) is 0 Å². The Morgan fingerprint density at radius 2 is 1.75 bits per heavy atom. The van der Waals surface area contributed by atoms with E-state index in [1.54, 1.807) is 0 Å². The summed E-state index contributed by atoms with van der Waals surface area (Å²) >= 11 is 0. The van der Waals surface area contributed by atoms with E-state index in [1.807, 2.05) is 20.9 Å². The van der Waals surface area contributed by atoms with E-state index in [9.17, 15) is 0 Å². The molecule has 0 aromatic heterocycles. The van der Waals surface area contributed by atoms with Crippen molar-refractivity contribution in [1.29, 1.82) is 0 Å². The molecular formula is C10H20BN. The maximum absolute atomic E-state index is 5.95. The Hall–Kier alpha value is -0.395. The summed E-state index contributed by atoms with van der Waals surface area (Å²) in [7, 11) is 7.84. The minimum absolute atomic E-state index is 0.0625. The van der Waals surface area contributed by atoms with Gasteiger partial charge in [0.05, 0.1) is 7.85 Å². The zero-order chi connectivity index (χ0) is 9.99. The molecule has 12 heavy (non-hydrogen) atoms. The largest absolute Gasteiger partial charge is 0.391 e. The first-order valence-corrected chi connectivity index (χ1v) is 4.35. The van der Waals surface area contributed by atoms with E-state index in [0.29, 0.717) is 0 Å². The second-order valence-electron chi connectivity index (χ2n) is 4.78. The molecule has 0 rings (SSSR count). The zero-order valence-corrected chi connectivity index (χ0v) is 8.99. The molecule has 0 aliphatic heterocycles. The summed E-state index contributed by atoms with van der Waals surface area (Å²) in [5.74, 6) is 0. The Kier molecular flexibility index (Phi) is 3.43. The summed E-state index contributed by atoms with van der Waals surface area (Å²) in [5, 5.41) is 2.94. The first-order valence-electron chi connectivity index (χ1n) is 4.35. The van der Waals surface area contributed by atoms with Crippen molar-refractivity contribution >= 4 is 7.85 Å². The molecule has 0 bridgehead atoms. The van der Waals surface area contributed by atoms with Gasteiger partial charge >= 0.3 is 0 Å². The number of hydrogen-bond donors (Lipinski definition) is 1. The van der Waals surface area contributed by atoms with E-state index < -0.39 is 0 Å². The van der Waals surface area contributed by atoms with Gasteiger partial charge in [0.2, 0.25) is 0 Å². The molecule has 0 fully saturated rings. The second-order valence-corrected chi connectivity index (χ2v) is 4.78. The highest BCUT2D eigenvalue weighted by Crippen LogP contribution is 2.39. The number of allylic oxidation sites excluding steroid dienone is 1. The van der Waals surface area contributed by atoms with Crippen LogP contribution in [0.4, 0.5) is 0 Å². The van der Waals surface area contributed by atoms with Crippen molar-refractivity contribution in [2.45, 2.75) is 39.4 Å². The van der Waals surface area contributed by atoms with Crippen LogP contribution >= 0.6 is 0 Å². The molecule has 0 atom stereocenters. The van der Waals surface area contributed by atoms with E-state index in [0.717, 1.165) is 12.1 Å². The minimum atomic E-state index is -0.136. The molecule has 2 heteroatoms. The molecule has 1 nitrogen and oxygen atoms in total. The molecule has 0 aromatic rings. The summed E-state index contributed by atoms with van der Waals surface area (Å²) in [4.78, 5) is 0. The van der Waals surface area contributed by atoms with Crippen LogP contribution < -0.4 is 5.32 Å². The van der Waals surface area contributed by atoms with Gasteiger partial charge in [-0.15, -0.1) is 0 Å². The predicted octanol–water partition coefficient (Wildman–Crippen LogP) is 2.50. The lowest BCUT2D eigenvalue weighted by Gasteiger charge is -2.34. The first-order chi connectivity index (χ1) is 5.19. The minimum Gasteiger partial charge on any atom is -0.391 e. The molecule has 0 aliphatic carbocycles. The van der Waals surface area contributed by atoms with Gasteiger partial charge in [-0.3, -0.25) is 0 Å². The lowest BCUT2D eigenvalue weighted by Crippen LogP contribution is -2.27. The standard InChI is InChI=1S/C10H20BN/c1-8(12-6)9(2,3)7-10(4,5)11/h12H,1,7H2,2-6H3. The Bertz CT molecular complexity index is 165. The Morgan fingerprint density at radius 3 is 2.00 bits per heavy atom. The van der Waals surface area contributed by atoms with Gasteiger partial charge in [0.25, 0.3) is 0 Å². The molecule has 0 saturated carbocycles. The summed E-state index contributed by atoms with van der Waals surface area (Å²) < 4.78 is 0. The van der Waals surface area contributed by atoms with E-state index in [4.69, 9.17) is 7.85 Å². The molecule has 0 aromatic carbocycles. The van der Waals surface area contributed by atoms with E-state index in [2.05, 4.69) is 25.7 Å². The fraction of sp³-hybridized carbons (Fsp3) is 0.800. The molecular weight excluding hydrogens is 145 g/mol. The van der Waals surface area contributed by atoms with E-state index >= 15 is 0 Å². The van der Waals surface area contributed by atoms with Gasteiger partial charge in [0.1, 0.15) is 0 Å². The topological polar surface area (TPSA) is 12.0 Å². The summed E-state index contributed by atoms with van der Waals surface area (Å²) in [6.07, 6.45) is 0.930. The molecule has 2 radical (unpaired) electrons. The van der Waals surface area contributed by atoms with Crippen molar-refractivity contribution in [2.75, 3.05) is 7.05 Å². The van der Waals surface area contributed by atoms with Crippen molar-refractivity contribution in [3.63, 3.8) is 0 Å². The SMILES string of the molecule is [B]C(C)(C)CC(C)(C)C(=C)NC. The highest BCUT2D eigenvalue weighted by Gasteiger charge is 2.27. The van der Waals surface area contributed by atoms with Crippen LogP contribution in [0.25, 0.3) is 0 Å². The van der Waals surface area contributed by atoms with Crippen LogP contribution in [0.2, 0.25) is 5.31 Å². The van der Waals surface area contributed by atoms with Gasteiger partial charge in [-0.05, 0) is 6.42 Å². The van der Waals surface area contributed by atoms with Gasteiger partial charge < -0.3 is 5.32 Å². The van der Waals surface area contributed by atoms with Crippen LogP contribution in [0.5, 0.6) is 0 Å². The van der Waals surface area contributed by atoms with Crippen LogP contribution in [0.15, 0.2) is 12.3 Å². The number of hydrogen-bond acceptors (Lipinski definition) is 1. The van der Waals surface area contributed by atoms with Crippen molar-refractivity contribution in [3.8, 4) is 0 Å². The average molecular weight is 165 g/mol. The average Bonchev–Trinajstić information content (AvgIpc) is 1.80. The Labute approximate surface area is 78.0 Å². The van der Waals surface area contributed by atoms with Crippen LogP contribution in [0.1, 0.15) is 34.1 Å². The second kappa shape index (κ2) is 3.55. The van der Waals surface area contributed by atoms with Crippen molar-refractivity contribution in [3.05, 3.63) is 12.3 Å². The molecule has 0 unspecified atom stereocenters. The third kappa shape index (κ3) is 3.84. The summed E-state index contributed by atoms with van der Waals surface area (Å²) in [6, 6.07) is 0. The monoisotopic (exact) mass is 165 g/mol. The molecule has 0 heterocycles. The number of nitrogens with one attached hydrogen (secondary N) is 1. The van der Waals surface area contributed by atoms with Crippen molar-refractivity contribution in [1.82, 2.24) is 5.32 Å². The van der Waals surface area contributed by atoms with E-state index in [-0.39, 0.29) is 10.7 Å². The molecule has 0 spiro atoms. The highest BCUT2D eigenvalue weighted by molar-refractivity contribution is 6.14. The van der Waals surface area contributed by atoms with Gasteiger partial charge in [0, 0.05) is 18.2 Å². The van der Waals surface area contributed by atoms with Crippen LogP contribution in [0, 0.1) is 5.41 Å². The highest BCUT2D eigenvalue weighted by atomic mass is 14.8.